The Kier molecular flexibility index (Phi) is 2.87. The van der Waals surface area contributed by atoms with Gasteiger partial charge in [0.15, 0.2) is 5.78 Å². The number of fused-ring (bicyclic) bond motifs is 1. The summed E-state index contributed by atoms with van der Waals surface area (Å²) in [6, 6.07) is 5.01. The lowest BCUT2D eigenvalue weighted by molar-refractivity contribution is -0.138. The zero-order valence-corrected chi connectivity index (χ0v) is 9.24. The van der Waals surface area contributed by atoms with Crippen LogP contribution in [-0.4, -0.2) is 23.5 Å². The van der Waals surface area contributed by atoms with Crippen LogP contribution in [0, 0.1) is 5.92 Å². The molecule has 1 atom stereocenters. The molecular formula is C11H10O4S. The molecule has 1 heterocycles. The van der Waals surface area contributed by atoms with Gasteiger partial charge in [-0.05, 0) is 18.2 Å². The largest absolute Gasteiger partial charge is 0.492 e. The summed E-state index contributed by atoms with van der Waals surface area (Å²) in [6.45, 7) is 0.129. The second kappa shape index (κ2) is 4.17. The van der Waals surface area contributed by atoms with Gasteiger partial charge in [0.05, 0.1) is 24.5 Å². The molecule has 0 spiro atoms. The molecular weight excluding hydrogens is 228 g/mol. The number of ether oxygens (including phenoxy) is 1. The molecule has 0 saturated carbocycles. The average molecular weight is 238 g/mol. The van der Waals surface area contributed by atoms with Crippen molar-refractivity contribution >= 4 is 24.4 Å². The van der Waals surface area contributed by atoms with Gasteiger partial charge in [0, 0.05) is 4.90 Å². The first kappa shape index (κ1) is 11.0. The molecule has 1 aliphatic heterocycles. The van der Waals surface area contributed by atoms with Gasteiger partial charge in [-0.15, -0.1) is 12.6 Å². The Hall–Kier alpha value is -1.49. The first-order valence-corrected chi connectivity index (χ1v) is 5.24. The third-order valence-electron chi connectivity index (χ3n) is 2.46. The minimum absolute atomic E-state index is 0.129. The van der Waals surface area contributed by atoms with Crippen LogP contribution in [0.5, 0.6) is 5.75 Å². The van der Waals surface area contributed by atoms with Crippen LogP contribution in [0.1, 0.15) is 16.8 Å². The highest BCUT2D eigenvalue weighted by Crippen LogP contribution is 2.30. The zero-order valence-electron chi connectivity index (χ0n) is 8.34. The lowest BCUT2D eigenvalue weighted by atomic mass is 9.92. The van der Waals surface area contributed by atoms with Crippen LogP contribution in [0.15, 0.2) is 23.1 Å². The van der Waals surface area contributed by atoms with Crippen LogP contribution < -0.4 is 4.74 Å². The monoisotopic (exact) mass is 238 g/mol. The minimum Gasteiger partial charge on any atom is -0.492 e. The number of carboxylic acid groups (broad SMARTS) is 1. The molecule has 16 heavy (non-hydrogen) atoms. The number of thiol groups is 1. The number of carboxylic acids is 1. The summed E-state index contributed by atoms with van der Waals surface area (Å²) in [6.07, 6.45) is -0.199. The van der Waals surface area contributed by atoms with E-state index in [1.54, 1.807) is 18.2 Å². The Morgan fingerprint density at radius 1 is 1.56 bits per heavy atom. The van der Waals surface area contributed by atoms with Crippen molar-refractivity contribution in [3.8, 4) is 5.75 Å². The number of carbonyl (C=O) groups excluding carboxylic acids is 1. The van der Waals surface area contributed by atoms with E-state index in [9.17, 15) is 9.59 Å². The smallest absolute Gasteiger partial charge is 0.304 e. The van der Waals surface area contributed by atoms with Crippen molar-refractivity contribution in [2.24, 2.45) is 5.92 Å². The number of rotatable bonds is 2. The molecule has 0 aliphatic carbocycles. The van der Waals surface area contributed by atoms with Gasteiger partial charge in [-0.25, -0.2) is 0 Å². The Bertz CT molecular complexity index is 455. The molecule has 1 aromatic carbocycles. The summed E-state index contributed by atoms with van der Waals surface area (Å²) in [5, 5.41) is 8.66. The van der Waals surface area contributed by atoms with Crippen LogP contribution in [0.25, 0.3) is 0 Å². The SMILES string of the molecule is O=C(O)CC1COc2ccc(S)cc2C1=O. The standard InChI is InChI=1S/C11H10O4S/c12-10(13)3-6-5-15-9-2-1-7(16)4-8(9)11(6)14/h1-2,4,6,16H,3,5H2,(H,12,13). The van der Waals surface area contributed by atoms with Gasteiger partial charge in [-0.3, -0.25) is 9.59 Å². The van der Waals surface area contributed by atoms with Crippen molar-refractivity contribution in [3.05, 3.63) is 23.8 Å². The van der Waals surface area contributed by atoms with E-state index in [0.29, 0.717) is 16.2 Å². The van der Waals surface area contributed by atoms with E-state index < -0.39 is 11.9 Å². The van der Waals surface area contributed by atoms with Gasteiger partial charge < -0.3 is 9.84 Å². The molecule has 5 heteroatoms. The first-order chi connectivity index (χ1) is 7.58. The Balaban J connectivity index is 2.30. The predicted octanol–water partition coefficient (Wildman–Crippen LogP) is 1.64. The average Bonchev–Trinajstić information content (AvgIpc) is 2.22. The van der Waals surface area contributed by atoms with Gasteiger partial charge in [0.2, 0.25) is 0 Å². The van der Waals surface area contributed by atoms with Gasteiger partial charge in [0.1, 0.15) is 5.75 Å². The van der Waals surface area contributed by atoms with Crippen molar-refractivity contribution in [2.75, 3.05) is 6.61 Å². The fraction of sp³-hybridized carbons (Fsp3) is 0.273. The second-order valence-corrected chi connectivity index (χ2v) is 4.17. The molecule has 0 aromatic heterocycles. The highest BCUT2D eigenvalue weighted by Gasteiger charge is 2.30. The topological polar surface area (TPSA) is 63.6 Å². The van der Waals surface area contributed by atoms with E-state index in [1.165, 1.54) is 0 Å². The molecule has 0 amide bonds. The van der Waals surface area contributed by atoms with Gasteiger partial charge in [0.25, 0.3) is 0 Å². The van der Waals surface area contributed by atoms with Crippen LogP contribution in [0.3, 0.4) is 0 Å². The van der Waals surface area contributed by atoms with E-state index in [1.807, 2.05) is 0 Å². The second-order valence-electron chi connectivity index (χ2n) is 3.65. The van der Waals surface area contributed by atoms with Gasteiger partial charge >= 0.3 is 5.97 Å². The quantitative estimate of drug-likeness (QED) is 0.769. The summed E-state index contributed by atoms with van der Waals surface area (Å²) in [7, 11) is 0. The lowest BCUT2D eigenvalue weighted by Gasteiger charge is -2.23. The number of aliphatic carboxylic acids is 1. The number of Topliss-reactive ketones (excluding diaryl/α,β-unsaturated/α-hetero) is 1. The maximum Gasteiger partial charge on any atom is 0.304 e. The number of hydrogen-bond donors (Lipinski definition) is 2. The summed E-state index contributed by atoms with van der Waals surface area (Å²) < 4.78 is 5.34. The zero-order chi connectivity index (χ0) is 11.7. The van der Waals surface area contributed by atoms with E-state index in [4.69, 9.17) is 9.84 Å². The molecule has 2 rings (SSSR count). The third kappa shape index (κ3) is 2.04. The highest BCUT2D eigenvalue weighted by molar-refractivity contribution is 7.80. The van der Waals surface area contributed by atoms with Gasteiger partial charge in [-0.1, -0.05) is 0 Å². The molecule has 4 nitrogen and oxygen atoms in total. The number of carbonyl (C=O) groups is 2. The van der Waals surface area contributed by atoms with Crippen molar-refractivity contribution in [3.63, 3.8) is 0 Å². The number of hydrogen-bond acceptors (Lipinski definition) is 4. The maximum absolute atomic E-state index is 11.9. The van der Waals surface area contributed by atoms with Crippen LogP contribution in [-0.2, 0) is 4.79 Å². The first-order valence-electron chi connectivity index (χ1n) is 4.80. The fourth-order valence-electron chi connectivity index (χ4n) is 1.68. The molecule has 0 radical (unpaired) electrons. The summed E-state index contributed by atoms with van der Waals surface area (Å²) >= 11 is 4.13. The molecule has 0 saturated heterocycles. The lowest BCUT2D eigenvalue weighted by Crippen LogP contribution is -2.29. The van der Waals surface area contributed by atoms with E-state index in [-0.39, 0.29) is 18.8 Å². The summed E-state index contributed by atoms with van der Waals surface area (Å²) in [5.41, 5.74) is 0.421. The molecule has 84 valence electrons. The van der Waals surface area contributed by atoms with E-state index in [0.717, 1.165) is 0 Å². The highest BCUT2D eigenvalue weighted by atomic mass is 32.1. The molecule has 1 aromatic rings. The Labute approximate surface area is 97.6 Å². The molecule has 1 aliphatic rings. The van der Waals surface area contributed by atoms with Crippen molar-refractivity contribution < 1.29 is 19.4 Å². The van der Waals surface area contributed by atoms with Crippen molar-refractivity contribution in [2.45, 2.75) is 11.3 Å². The minimum atomic E-state index is -0.993. The molecule has 1 unspecified atom stereocenters. The number of ketones is 1. The summed E-state index contributed by atoms with van der Waals surface area (Å²) in [4.78, 5) is 23.2. The van der Waals surface area contributed by atoms with Crippen molar-refractivity contribution in [1.82, 2.24) is 0 Å². The van der Waals surface area contributed by atoms with Crippen LogP contribution in [0.2, 0.25) is 0 Å². The van der Waals surface area contributed by atoms with E-state index in [2.05, 4.69) is 12.6 Å². The van der Waals surface area contributed by atoms with Crippen LogP contribution >= 0.6 is 12.6 Å². The predicted molar refractivity (Wildman–Crippen MR) is 59.3 cm³/mol. The van der Waals surface area contributed by atoms with Crippen LogP contribution in [0.4, 0.5) is 0 Å². The van der Waals surface area contributed by atoms with E-state index >= 15 is 0 Å². The van der Waals surface area contributed by atoms with Gasteiger partial charge in [-0.2, -0.15) is 0 Å². The normalized spacial score (nSPS) is 18.8. The Morgan fingerprint density at radius 3 is 3.00 bits per heavy atom. The molecule has 1 N–H and O–H groups in total. The Morgan fingerprint density at radius 2 is 2.31 bits per heavy atom. The summed E-state index contributed by atoms with van der Waals surface area (Å²) in [5.74, 6) is -1.27. The fourth-order valence-corrected chi connectivity index (χ4v) is 1.89. The number of benzene rings is 1. The third-order valence-corrected chi connectivity index (χ3v) is 2.74. The molecule has 0 bridgehead atoms. The molecule has 0 fully saturated rings. The van der Waals surface area contributed by atoms with Crippen molar-refractivity contribution in [1.29, 1.82) is 0 Å². The maximum atomic E-state index is 11.9.